The van der Waals surface area contributed by atoms with Gasteiger partial charge in [0.05, 0.1) is 11.8 Å². The van der Waals surface area contributed by atoms with Gasteiger partial charge in [-0.05, 0) is 24.6 Å². The zero-order valence-electron chi connectivity index (χ0n) is 12.5. The largest absolute Gasteiger partial charge is 0.388 e. The number of hydrogen-bond donors (Lipinski definition) is 1. The molecule has 0 radical (unpaired) electrons. The number of halogens is 1. The van der Waals surface area contributed by atoms with Gasteiger partial charge in [-0.15, -0.1) is 0 Å². The summed E-state index contributed by atoms with van der Waals surface area (Å²) in [5.41, 5.74) is 1.49. The fraction of sp³-hybridized carbons (Fsp3) is 0.333. The van der Waals surface area contributed by atoms with Gasteiger partial charge in [0.15, 0.2) is 0 Å². The minimum absolute atomic E-state index is 0.00644. The van der Waals surface area contributed by atoms with Crippen molar-refractivity contribution in [2.45, 2.75) is 20.0 Å². The van der Waals surface area contributed by atoms with Crippen LogP contribution in [0.3, 0.4) is 0 Å². The van der Waals surface area contributed by atoms with Gasteiger partial charge in [0.2, 0.25) is 0 Å². The lowest BCUT2D eigenvalue weighted by Gasteiger charge is -2.29. The highest BCUT2D eigenvalue weighted by atomic mass is 19.1. The third-order valence-corrected chi connectivity index (χ3v) is 3.76. The van der Waals surface area contributed by atoms with Crippen LogP contribution in [0.15, 0.2) is 54.6 Å². The van der Waals surface area contributed by atoms with Gasteiger partial charge in [0.1, 0.15) is 5.82 Å². The van der Waals surface area contributed by atoms with Crippen LogP contribution in [0.4, 0.5) is 10.1 Å². The molecule has 1 N–H and O–H groups in total. The minimum atomic E-state index is -0.549. The molecule has 2 aromatic carbocycles. The van der Waals surface area contributed by atoms with Gasteiger partial charge >= 0.3 is 0 Å². The summed E-state index contributed by atoms with van der Waals surface area (Å²) in [6, 6.07) is 16.4. The van der Waals surface area contributed by atoms with Crippen molar-refractivity contribution in [2.24, 2.45) is 5.92 Å². The number of nitrogens with zero attached hydrogens (tertiary/aromatic N) is 1. The van der Waals surface area contributed by atoms with E-state index in [1.165, 1.54) is 6.07 Å². The maximum Gasteiger partial charge on any atom is 0.146 e. The van der Waals surface area contributed by atoms with E-state index in [1.54, 1.807) is 12.1 Å². The molecule has 2 aromatic rings. The summed E-state index contributed by atoms with van der Waals surface area (Å²) >= 11 is 0. The molecule has 2 atom stereocenters. The van der Waals surface area contributed by atoms with E-state index in [2.05, 4.69) is 0 Å². The molecule has 3 heteroatoms. The SMILES string of the molecule is CCN(CC(C)C(O)c1ccccc1)c1ccccc1F. The molecule has 2 nitrogen and oxygen atoms in total. The monoisotopic (exact) mass is 287 g/mol. The maximum absolute atomic E-state index is 13.9. The highest BCUT2D eigenvalue weighted by Crippen LogP contribution is 2.25. The fourth-order valence-corrected chi connectivity index (χ4v) is 2.53. The molecule has 0 aliphatic carbocycles. The number of aliphatic hydroxyl groups is 1. The average molecular weight is 287 g/mol. The van der Waals surface area contributed by atoms with Gasteiger partial charge in [-0.1, -0.05) is 49.4 Å². The zero-order chi connectivity index (χ0) is 15.2. The van der Waals surface area contributed by atoms with Crippen LogP contribution in [-0.4, -0.2) is 18.2 Å². The molecule has 2 rings (SSSR count). The summed E-state index contributed by atoms with van der Waals surface area (Å²) in [5, 5.41) is 10.4. The van der Waals surface area contributed by atoms with E-state index in [-0.39, 0.29) is 11.7 Å². The molecule has 0 saturated carbocycles. The molecule has 0 spiro atoms. The van der Waals surface area contributed by atoms with E-state index in [9.17, 15) is 9.50 Å². The Labute approximate surface area is 125 Å². The zero-order valence-corrected chi connectivity index (χ0v) is 12.5. The smallest absolute Gasteiger partial charge is 0.146 e. The Bertz CT molecular complexity index is 558. The molecule has 0 aliphatic rings. The van der Waals surface area contributed by atoms with Crippen LogP contribution >= 0.6 is 0 Å². The van der Waals surface area contributed by atoms with Gasteiger partial charge in [-0.2, -0.15) is 0 Å². The molecule has 0 fully saturated rings. The Hall–Kier alpha value is -1.87. The summed E-state index contributed by atoms with van der Waals surface area (Å²) in [6.45, 7) is 5.29. The highest BCUT2D eigenvalue weighted by molar-refractivity contribution is 5.47. The summed E-state index contributed by atoms with van der Waals surface area (Å²) in [5.74, 6) is -0.215. The lowest BCUT2D eigenvalue weighted by molar-refractivity contribution is 0.120. The van der Waals surface area contributed by atoms with Crippen molar-refractivity contribution in [3.05, 3.63) is 66.0 Å². The lowest BCUT2D eigenvalue weighted by Crippen LogP contribution is -2.31. The first-order chi connectivity index (χ1) is 10.1. The van der Waals surface area contributed by atoms with Crippen LogP contribution < -0.4 is 4.90 Å². The molecular weight excluding hydrogens is 265 g/mol. The molecule has 112 valence electrons. The molecule has 0 amide bonds. The molecule has 0 bridgehead atoms. The summed E-state index contributed by atoms with van der Waals surface area (Å²) in [6.07, 6.45) is -0.549. The van der Waals surface area contributed by atoms with Gasteiger partial charge < -0.3 is 10.0 Å². The molecule has 0 aliphatic heterocycles. The summed E-state index contributed by atoms with van der Waals surface area (Å²) in [7, 11) is 0. The topological polar surface area (TPSA) is 23.5 Å². The second-order valence-electron chi connectivity index (χ2n) is 5.32. The Kier molecular flexibility index (Phi) is 5.34. The third kappa shape index (κ3) is 3.82. The van der Waals surface area contributed by atoms with Crippen molar-refractivity contribution in [2.75, 3.05) is 18.0 Å². The van der Waals surface area contributed by atoms with Crippen LogP contribution in [0, 0.1) is 11.7 Å². The predicted octanol–water partition coefficient (Wildman–Crippen LogP) is 4.02. The van der Waals surface area contributed by atoms with E-state index in [0.717, 1.165) is 5.56 Å². The van der Waals surface area contributed by atoms with Crippen molar-refractivity contribution < 1.29 is 9.50 Å². The van der Waals surface area contributed by atoms with Gasteiger partial charge in [-0.3, -0.25) is 0 Å². The third-order valence-electron chi connectivity index (χ3n) is 3.76. The Morgan fingerprint density at radius 2 is 1.67 bits per heavy atom. The molecule has 0 heterocycles. The minimum Gasteiger partial charge on any atom is -0.388 e. The molecule has 0 aromatic heterocycles. The van der Waals surface area contributed by atoms with Crippen molar-refractivity contribution in [3.63, 3.8) is 0 Å². The van der Waals surface area contributed by atoms with E-state index < -0.39 is 6.10 Å². The second-order valence-corrected chi connectivity index (χ2v) is 5.32. The van der Waals surface area contributed by atoms with E-state index in [4.69, 9.17) is 0 Å². The van der Waals surface area contributed by atoms with Crippen LogP contribution in [0.2, 0.25) is 0 Å². The molecular formula is C18H22FNO. The van der Waals surface area contributed by atoms with E-state index in [1.807, 2.05) is 55.1 Å². The van der Waals surface area contributed by atoms with Crippen molar-refractivity contribution >= 4 is 5.69 Å². The first-order valence-corrected chi connectivity index (χ1v) is 7.36. The normalized spacial score (nSPS) is 13.7. The quantitative estimate of drug-likeness (QED) is 0.867. The van der Waals surface area contributed by atoms with E-state index >= 15 is 0 Å². The van der Waals surface area contributed by atoms with Crippen molar-refractivity contribution in [1.29, 1.82) is 0 Å². The van der Waals surface area contributed by atoms with Gasteiger partial charge in [-0.25, -0.2) is 4.39 Å². The lowest BCUT2D eigenvalue weighted by atomic mass is 9.96. The van der Waals surface area contributed by atoms with E-state index in [0.29, 0.717) is 18.8 Å². The number of benzene rings is 2. The molecule has 0 saturated heterocycles. The Morgan fingerprint density at radius 3 is 2.29 bits per heavy atom. The Balaban J connectivity index is 2.10. The maximum atomic E-state index is 13.9. The van der Waals surface area contributed by atoms with Crippen LogP contribution in [-0.2, 0) is 0 Å². The van der Waals surface area contributed by atoms with Gasteiger partial charge in [0, 0.05) is 19.0 Å². The van der Waals surface area contributed by atoms with Crippen LogP contribution in [0.1, 0.15) is 25.5 Å². The van der Waals surface area contributed by atoms with Crippen molar-refractivity contribution in [1.82, 2.24) is 0 Å². The Morgan fingerprint density at radius 1 is 1.05 bits per heavy atom. The predicted molar refractivity (Wildman–Crippen MR) is 84.9 cm³/mol. The summed E-state index contributed by atoms with van der Waals surface area (Å²) in [4.78, 5) is 1.96. The number of anilines is 1. The second kappa shape index (κ2) is 7.23. The number of aliphatic hydroxyl groups excluding tert-OH is 1. The summed E-state index contributed by atoms with van der Waals surface area (Å²) < 4.78 is 13.9. The fourth-order valence-electron chi connectivity index (χ4n) is 2.53. The first-order valence-electron chi connectivity index (χ1n) is 7.36. The number of rotatable bonds is 6. The molecule has 2 unspecified atom stereocenters. The van der Waals surface area contributed by atoms with Crippen LogP contribution in [0.25, 0.3) is 0 Å². The average Bonchev–Trinajstić information content (AvgIpc) is 2.53. The number of hydrogen-bond acceptors (Lipinski definition) is 2. The number of para-hydroxylation sites is 1. The van der Waals surface area contributed by atoms with Crippen molar-refractivity contribution in [3.8, 4) is 0 Å². The first kappa shape index (κ1) is 15.5. The highest BCUT2D eigenvalue weighted by Gasteiger charge is 2.20. The van der Waals surface area contributed by atoms with Crippen LogP contribution in [0.5, 0.6) is 0 Å². The molecule has 21 heavy (non-hydrogen) atoms. The van der Waals surface area contributed by atoms with Gasteiger partial charge in [0.25, 0.3) is 0 Å². The standard InChI is InChI=1S/C18H22FNO/c1-3-20(17-12-8-7-11-16(17)19)13-14(2)18(21)15-9-5-4-6-10-15/h4-12,14,18,21H,3,13H2,1-2H3.